The summed E-state index contributed by atoms with van der Waals surface area (Å²) >= 11 is 0. The molecule has 3 nitrogen and oxygen atoms in total. The zero-order valence-corrected chi connectivity index (χ0v) is 32.7. The van der Waals surface area contributed by atoms with Gasteiger partial charge in [-0.05, 0) is 84.0 Å². The monoisotopic (exact) mass is 745 g/mol. The Bertz CT molecular complexity index is 2820. The molecule has 0 aromatic heterocycles. The molecule has 2 unspecified atom stereocenters. The van der Waals surface area contributed by atoms with Crippen molar-refractivity contribution in [1.82, 2.24) is 10.6 Å². The van der Waals surface area contributed by atoms with Gasteiger partial charge < -0.3 is 5.32 Å². The minimum absolute atomic E-state index is 0.152. The van der Waals surface area contributed by atoms with Crippen LogP contribution in [0.3, 0.4) is 0 Å². The van der Waals surface area contributed by atoms with E-state index in [1.807, 2.05) is 0 Å². The molecular formula is C55H43N3. The summed E-state index contributed by atoms with van der Waals surface area (Å²) in [6, 6.07) is 73.2. The normalized spacial score (nSPS) is 17.9. The number of fused-ring (bicyclic) bond motifs is 9. The lowest BCUT2D eigenvalue weighted by Crippen LogP contribution is -2.45. The quantitative estimate of drug-likeness (QED) is 0.184. The van der Waals surface area contributed by atoms with Crippen molar-refractivity contribution < 1.29 is 0 Å². The van der Waals surface area contributed by atoms with Crippen molar-refractivity contribution in [3.63, 3.8) is 0 Å². The lowest BCUT2D eigenvalue weighted by atomic mass is 9.55. The van der Waals surface area contributed by atoms with E-state index in [1.54, 1.807) is 0 Å². The van der Waals surface area contributed by atoms with E-state index in [0.29, 0.717) is 0 Å². The van der Waals surface area contributed by atoms with Crippen LogP contribution in [0.1, 0.15) is 76.3 Å². The van der Waals surface area contributed by atoms with Gasteiger partial charge in [-0.25, -0.2) is 4.99 Å². The van der Waals surface area contributed by atoms with Crippen molar-refractivity contribution in [2.75, 3.05) is 0 Å². The summed E-state index contributed by atoms with van der Waals surface area (Å²) in [5, 5.41) is 7.98. The second kappa shape index (κ2) is 13.4. The maximum atomic E-state index is 5.48. The van der Waals surface area contributed by atoms with E-state index in [4.69, 9.17) is 4.99 Å². The van der Waals surface area contributed by atoms with Gasteiger partial charge in [0.1, 0.15) is 18.2 Å². The Labute approximate surface area is 340 Å². The van der Waals surface area contributed by atoms with E-state index in [1.165, 1.54) is 61.2 Å². The fourth-order valence-corrected chi connectivity index (χ4v) is 10.3. The number of rotatable bonds is 5. The summed E-state index contributed by atoms with van der Waals surface area (Å²) in [6.07, 6.45) is -0.530. The third-order valence-electron chi connectivity index (χ3n) is 12.9. The molecule has 8 aromatic carbocycles. The number of hydrogen-bond donors (Lipinski definition) is 2. The zero-order valence-electron chi connectivity index (χ0n) is 32.7. The summed E-state index contributed by atoms with van der Waals surface area (Å²) in [5.41, 5.74) is 18.1. The fraction of sp³-hybridized carbons (Fsp3) is 0.109. The summed E-state index contributed by atoms with van der Waals surface area (Å²) in [5.74, 6) is 0.866. The van der Waals surface area contributed by atoms with Crippen LogP contribution >= 0.6 is 0 Å². The largest absolute Gasteiger partial charge is 0.350 e. The maximum absolute atomic E-state index is 5.48. The summed E-state index contributed by atoms with van der Waals surface area (Å²) < 4.78 is 0. The zero-order chi connectivity index (χ0) is 38.8. The predicted molar refractivity (Wildman–Crippen MR) is 238 cm³/mol. The molecule has 3 heteroatoms. The van der Waals surface area contributed by atoms with Crippen LogP contribution in [-0.2, 0) is 10.8 Å². The second-order valence-electron chi connectivity index (χ2n) is 16.3. The average Bonchev–Trinajstić information content (AvgIpc) is 3.60. The number of benzene rings is 8. The SMILES string of the molecule is CC1(C)c2ccccc2C2(c3ccccc3-c3c(C4NC(c5ccc(-c6ccccc6)cc5-c5ccccc5)=NC(c5ccccc5)N4)cccc32)c2ccccc21. The highest BCUT2D eigenvalue weighted by Crippen LogP contribution is 2.62. The highest BCUT2D eigenvalue weighted by atomic mass is 15.3. The topological polar surface area (TPSA) is 36.4 Å². The van der Waals surface area contributed by atoms with Crippen molar-refractivity contribution in [2.24, 2.45) is 4.99 Å². The van der Waals surface area contributed by atoms with Crippen LogP contribution < -0.4 is 10.6 Å². The van der Waals surface area contributed by atoms with Crippen LogP contribution in [0.4, 0.5) is 0 Å². The maximum Gasteiger partial charge on any atom is 0.132 e. The Balaban J connectivity index is 1.12. The highest BCUT2D eigenvalue weighted by Gasteiger charge is 2.54. The molecule has 58 heavy (non-hydrogen) atoms. The third kappa shape index (κ3) is 5.13. The second-order valence-corrected chi connectivity index (χ2v) is 16.3. The van der Waals surface area contributed by atoms with Gasteiger partial charge in [-0.1, -0.05) is 208 Å². The van der Waals surface area contributed by atoms with Gasteiger partial charge in [0.05, 0.1) is 5.41 Å². The van der Waals surface area contributed by atoms with Crippen LogP contribution in [0.25, 0.3) is 33.4 Å². The number of aliphatic imine (C=N–C) groups is 1. The number of amidine groups is 1. The molecule has 11 rings (SSSR count). The molecule has 0 bridgehead atoms. The molecule has 0 amide bonds. The molecule has 1 spiro atoms. The number of hydrogen-bond acceptors (Lipinski definition) is 3. The summed E-state index contributed by atoms with van der Waals surface area (Å²) in [7, 11) is 0. The van der Waals surface area contributed by atoms with Gasteiger partial charge in [0.2, 0.25) is 0 Å². The molecule has 0 fully saturated rings. The highest BCUT2D eigenvalue weighted by molar-refractivity contribution is 6.06. The Morgan fingerprint density at radius 1 is 0.431 bits per heavy atom. The van der Waals surface area contributed by atoms with E-state index >= 15 is 0 Å². The molecular weight excluding hydrogens is 703 g/mol. The van der Waals surface area contributed by atoms with Crippen molar-refractivity contribution in [1.29, 1.82) is 0 Å². The first-order chi connectivity index (χ1) is 28.5. The molecule has 2 aliphatic carbocycles. The van der Waals surface area contributed by atoms with Gasteiger partial charge in [-0.15, -0.1) is 0 Å². The Kier molecular flexibility index (Phi) is 7.96. The van der Waals surface area contributed by atoms with Crippen LogP contribution in [0.5, 0.6) is 0 Å². The molecule has 0 saturated heterocycles. The first-order valence-corrected chi connectivity index (χ1v) is 20.4. The van der Waals surface area contributed by atoms with Gasteiger partial charge in [-0.2, -0.15) is 0 Å². The van der Waals surface area contributed by atoms with Gasteiger partial charge >= 0.3 is 0 Å². The number of nitrogens with zero attached hydrogens (tertiary/aromatic N) is 1. The average molecular weight is 746 g/mol. The molecule has 1 aliphatic heterocycles. The first-order valence-electron chi connectivity index (χ1n) is 20.4. The minimum Gasteiger partial charge on any atom is -0.350 e. The smallest absolute Gasteiger partial charge is 0.132 e. The van der Waals surface area contributed by atoms with Crippen LogP contribution in [0.2, 0.25) is 0 Å². The Hall–Kier alpha value is -6.81. The Morgan fingerprint density at radius 3 is 1.66 bits per heavy atom. The van der Waals surface area contributed by atoms with Gasteiger partial charge in [0.25, 0.3) is 0 Å². The fourth-order valence-electron chi connectivity index (χ4n) is 10.3. The molecule has 2 N–H and O–H groups in total. The standard InChI is InChI=1S/C55H43N3/c1-54(2)45-28-14-16-30-47(45)55(48-31-17-15-29-46(48)54)44-27-13-12-25-41(44)50-42(26-18-32-49(50)55)53-57-51(38-23-10-5-11-24-38)56-52(58-53)40-34-33-39(36-19-6-3-7-20-36)35-43(40)37-21-8-4-9-22-37/h3-35,51,53,57H,1-2H3,(H,56,58). The van der Waals surface area contributed by atoms with Crippen molar-refractivity contribution >= 4 is 5.84 Å². The molecule has 278 valence electrons. The lowest BCUT2D eigenvalue weighted by Gasteiger charge is -2.46. The first kappa shape index (κ1) is 34.4. The predicted octanol–water partition coefficient (Wildman–Crippen LogP) is 12.4. The lowest BCUT2D eigenvalue weighted by molar-refractivity contribution is 0.409. The minimum atomic E-state index is -0.469. The van der Waals surface area contributed by atoms with E-state index in [2.05, 4.69) is 225 Å². The van der Waals surface area contributed by atoms with Gasteiger partial charge in [0, 0.05) is 11.0 Å². The summed E-state index contributed by atoms with van der Waals surface area (Å²) in [6.45, 7) is 4.76. The molecule has 8 aromatic rings. The Morgan fingerprint density at radius 2 is 0.983 bits per heavy atom. The van der Waals surface area contributed by atoms with Gasteiger partial charge in [0.15, 0.2) is 0 Å². The van der Waals surface area contributed by atoms with E-state index in [-0.39, 0.29) is 17.7 Å². The van der Waals surface area contributed by atoms with Crippen molar-refractivity contribution in [3.8, 4) is 33.4 Å². The molecule has 3 aliphatic rings. The third-order valence-corrected chi connectivity index (χ3v) is 12.9. The van der Waals surface area contributed by atoms with E-state index in [9.17, 15) is 0 Å². The summed E-state index contributed by atoms with van der Waals surface area (Å²) in [4.78, 5) is 5.48. The molecule has 0 radical (unpaired) electrons. The molecule has 0 saturated carbocycles. The number of nitrogens with one attached hydrogen (secondary N) is 2. The van der Waals surface area contributed by atoms with Crippen molar-refractivity contribution in [3.05, 3.63) is 250 Å². The van der Waals surface area contributed by atoms with Crippen LogP contribution in [0, 0.1) is 0 Å². The van der Waals surface area contributed by atoms with E-state index < -0.39 is 5.41 Å². The van der Waals surface area contributed by atoms with E-state index in [0.717, 1.165) is 28.1 Å². The molecule has 2 atom stereocenters. The van der Waals surface area contributed by atoms with Crippen LogP contribution in [-0.4, -0.2) is 5.84 Å². The molecule has 1 heterocycles. The van der Waals surface area contributed by atoms with Gasteiger partial charge in [-0.3, -0.25) is 5.32 Å². The van der Waals surface area contributed by atoms with Crippen molar-refractivity contribution in [2.45, 2.75) is 37.0 Å². The van der Waals surface area contributed by atoms with Crippen LogP contribution in [0.15, 0.2) is 205 Å².